The molecule has 8 heteroatoms. The van der Waals surface area contributed by atoms with Crippen molar-refractivity contribution in [3.63, 3.8) is 0 Å². The summed E-state index contributed by atoms with van der Waals surface area (Å²) >= 11 is 12.1. The number of fused-ring (bicyclic) bond motifs is 1. The third-order valence-corrected chi connectivity index (χ3v) is 5.02. The van der Waals surface area contributed by atoms with Gasteiger partial charge >= 0.3 is 6.03 Å². The average Bonchev–Trinajstić information content (AvgIpc) is 3.12. The molecule has 0 radical (unpaired) electrons. The summed E-state index contributed by atoms with van der Waals surface area (Å²) < 4.78 is 10.8. The first kappa shape index (κ1) is 17.1. The Hall–Kier alpha value is -2.31. The highest BCUT2D eigenvalue weighted by atomic mass is 35.5. The summed E-state index contributed by atoms with van der Waals surface area (Å²) in [6.07, 6.45) is 0. The summed E-state index contributed by atoms with van der Waals surface area (Å²) in [5, 5.41) is 3.81. The number of ether oxygens (including phenoxy) is 2. The van der Waals surface area contributed by atoms with Gasteiger partial charge in [-0.1, -0.05) is 23.2 Å². The predicted octanol–water partition coefficient (Wildman–Crippen LogP) is 4.08. The van der Waals surface area contributed by atoms with Gasteiger partial charge in [0.2, 0.25) is 6.79 Å². The zero-order valence-electron chi connectivity index (χ0n) is 13.9. The molecule has 1 N–H and O–H groups in total. The van der Waals surface area contributed by atoms with Crippen LogP contribution < -0.4 is 19.7 Å². The van der Waals surface area contributed by atoms with E-state index in [9.17, 15) is 4.79 Å². The number of urea groups is 1. The van der Waals surface area contributed by atoms with Crippen molar-refractivity contribution in [3.8, 4) is 11.5 Å². The first-order valence-electron chi connectivity index (χ1n) is 8.26. The van der Waals surface area contributed by atoms with Gasteiger partial charge in [0.1, 0.15) is 0 Å². The Balaban J connectivity index is 1.37. The Bertz CT molecular complexity index is 838. The van der Waals surface area contributed by atoms with Crippen LogP contribution in [0.5, 0.6) is 11.5 Å². The number of carbonyl (C=O) groups excluding carboxylic acids is 1. The molecule has 6 nitrogen and oxygen atoms in total. The largest absolute Gasteiger partial charge is 0.454 e. The van der Waals surface area contributed by atoms with Crippen LogP contribution in [0.15, 0.2) is 36.4 Å². The highest BCUT2D eigenvalue weighted by Crippen LogP contribution is 2.35. The van der Waals surface area contributed by atoms with Gasteiger partial charge in [-0.3, -0.25) is 0 Å². The van der Waals surface area contributed by atoms with Crippen molar-refractivity contribution in [1.29, 1.82) is 0 Å². The molecule has 2 aliphatic heterocycles. The molecule has 0 aromatic heterocycles. The van der Waals surface area contributed by atoms with Crippen LogP contribution in [0, 0.1) is 0 Å². The fraction of sp³-hybridized carbons (Fsp3) is 0.278. The van der Waals surface area contributed by atoms with Gasteiger partial charge in [-0.05, 0) is 30.3 Å². The Morgan fingerprint density at radius 2 is 1.73 bits per heavy atom. The highest BCUT2D eigenvalue weighted by molar-refractivity contribution is 6.35. The van der Waals surface area contributed by atoms with E-state index in [2.05, 4.69) is 10.2 Å². The molecule has 26 heavy (non-hydrogen) atoms. The third-order valence-electron chi connectivity index (χ3n) is 4.46. The number of piperazine rings is 1. The van der Waals surface area contributed by atoms with E-state index in [1.807, 2.05) is 18.2 Å². The van der Waals surface area contributed by atoms with Gasteiger partial charge < -0.3 is 24.6 Å². The van der Waals surface area contributed by atoms with Crippen LogP contribution >= 0.6 is 23.2 Å². The van der Waals surface area contributed by atoms with Crippen LogP contribution in [0.3, 0.4) is 0 Å². The van der Waals surface area contributed by atoms with Gasteiger partial charge in [0.25, 0.3) is 0 Å². The molecule has 4 rings (SSSR count). The normalized spacial score (nSPS) is 15.9. The molecule has 0 bridgehead atoms. The Kier molecular flexibility index (Phi) is 4.70. The molecule has 0 aliphatic carbocycles. The molecule has 2 aromatic rings. The van der Waals surface area contributed by atoms with Crippen molar-refractivity contribution in [1.82, 2.24) is 4.90 Å². The Labute approximate surface area is 161 Å². The van der Waals surface area contributed by atoms with Crippen LogP contribution in [0.2, 0.25) is 10.0 Å². The minimum atomic E-state index is -0.181. The molecule has 0 saturated carbocycles. The molecule has 1 saturated heterocycles. The number of rotatable bonds is 2. The molecule has 0 atom stereocenters. The van der Waals surface area contributed by atoms with Gasteiger partial charge in [-0.25, -0.2) is 4.79 Å². The maximum Gasteiger partial charge on any atom is 0.322 e. The van der Waals surface area contributed by atoms with Crippen LogP contribution in [-0.2, 0) is 0 Å². The summed E-state index contributed by atoms with van der Waals surface area (Å²) in [5.74, 6) is 1.53. The smallest absolute Gasteiger partial charge is 0.322 e. The summed E-state index contributed by atoms with van der Waals surface area (Å²) in [6.45, 7) is 2.95. The van der Waals surface area contributed by atoms with Crippen LogP contribution in [0.4, 0.5) is 16.2 Å². The molecule has 2 amide bonds. The molecule has 2 heterocycles. The molecule has 1 fully saturated rings. The minimum Gasteiger partial charge on any atom is -0.454 e. The summed E-state index contributed by atoms with van der Waals surface area (Å²) in [7, 11) is 0. The number of nitrogens with one attached hydrogen (secondary N) is 1. The van der Waals surface area contributed by atoms with Crippen LogP contribution in [-0.4, -0.2) is 43.9 Å². The number of benzene rings is 2. The maximum atomic E-state index is 12.5. The lowest BCUT2D eigenvalue weighted by Gasteiger charge is -2.36. The second-order valence-corrected chi connectivity index (χ2v) is 6.91. The van der Waals surface area contributed by atoms with Gasteiger partial charge in [0.05, 0.1) is 10.7 Å². The minimum absolute atomic E-state index is 0.181. The summed E-state index contributed by atoms with van der Waals surface area (Å²) in [6, 6.07) is 10.7. The average molecular weight is 394 g/mol. The predicted molar refractivity (Wildman–Crippen MR) is 102 cm³/mol. The van der Waals surface area contributed by atoms with E-state index in [0.29, 0.717) is 28.8 Å². The number of nitrogens with zero attached hydrogens (tertiary/aromatic N) is 2. The SMILES string of the molecule is O=C(Nc1cc(Cl)ccc1Cl)N1CCN(c2ccc3c(c2)OCO3)CC1. The Morgan fingerprint density at radius 3 is 2.54 bits per heavy atom. The second-order valence-electron chi connectivity index (χ2n) is 6.07. The molecule has 0 unspecified atom stereocenters. The van der Waals surface area contributed by atoms with E-state index in [0.717, 1.165) is 30.3 Å². The molecule has 2 aromatic carbocycles. The van der Waals surface area contributed by atoms with Crippen molar-refractivity contribution in [2.45, 2.75) is 0 Å². The molecule has 0 spiro atoms. The topological polar surface area (TPSA) is 54.0 Å². The Morgan fingerprint density at radius 1 is 0.962 bits per heavy atom. The van der Waals surface area contributed by atoms with Crippen molar-refractivity contribution in [2.24, 2.45) is 0 Å². The molecular formula is C18H17Cl2N3O3. The van der Waals surface area contributed by atoms with Crippen molar-refractivity contribution >= 4 is 40.6 Å². The van der Waals surface area contributed by atoms with Gasteiger partial charge in [-0.15, -0.1) is 0 Å². The van der Waals surface area contributed by atoms with E-state index in [1.165, 1.54) is 0 Å². The number of amides is 2. The van der Waals surface area contributed by atoms with Gasteiger partial charge in [0.15, 0.2) is 11.5 Å². The maximum absolute atomic E-state index is 12.5. The molecule has 2 aliphatic rings. The van der Waals surface area contributed by atoms with Crippen molar-refractivity contribution in [2.75, 3.05) is 43.2 Å². The highest BCUT2D eigenvalue weighted by Gasteiger charge is 2.23. The zero-order valence-corrected chi connectivity index (χ0v) is 15.4. The summed E-state index contributed by atoms with van der Waals surface area (Å²) in [5.41, 5.74) is 1.58. The first-order chi connectivity index (χ1) is 12.6. The van der Waals surface area contributed by atoms with Crippen molar-refractivity contribution in [3.05, 3.63) is 46.4 Å². The number of halogens is 2. The molecular weight excluding hydrogens is 377 g/mol. The number of hydrogen-bond donors (Lipinski definition) is 1. The fourth-order valence-electron chi connectivity index (χ4n) is 3.04. The van der Waals surface area contributed by atoms with Gasteiger partial charge in [0, 0.05) is 43.0 Å². The first-order valence-corrected chi connectivity index (χ1v) is 9.01. The van der Waals surface area contributed by atoms with Crippen LogP contribution in [0.25, 0.3) is 0 Å². The summed E-state index contributed by atoms with van der Waals surface area (Å²) in [4.78, 5) is 16.5. The number of anilines is 2. The lowest BCUT2D eigenvalue weighted by Crippen LogP contribution is -2.50. The molecule has 136 valence electrons. The van der Waals surface area contributed by atoms with E-state index >= 15 is 0 Å². The number of hydrogen-bond acceptors (Lipinski definition) is 4. The standard InChI is InChI=1S/C18H17Cl2N3O3/c19-12-1-3-14(20)15(9-12)21-18(24)23-7-5-22(6-8-23)13-2-4-16-17(10-13)26-11-25-16/h1-4,9-10H,5-8,11H2,(H,21,24). The zero-order chi connectivity index (χ0) is 18.1. The van der Waals surface area contributed by atoms with E-state index < -0.39 is 0 Å². The van der Waals surface area contributed by atoms with E-state index in [4.69, 9.17) is 32.7 Å². The second kappa shape index (κ2) is 7.13. The lowest BCUT2D eigenvalue weighted by molar-refractivity contribution is 0.174. The van der Waals surface area contributed by atoms with Crippen molar-refractivity contribution < 1.29 is 14.3 Å². The lowest BCUT2D eigenvalue weighted by atomic mass is 10.2. The fourth-order valence-corrected chi connectivity index (χ4v) is 3.37. The quantitative estimate of drug-likeness (QED) is 0.834. The van der Waals surface area contributed by atoms with Crippen LogP contribution in [0.1, 0.15) is 0 Å². The monoisotopic (exact) mass is 393 g/mol. The van der Waals surface area contributed by atoms with E-state index in [-0.39, 0.29) is 12.8 Å². The van der Waals surface area contributed by atoms with Gasteiger partial charge in [-0.2, -0.15) is 0 Å². The van der Waals surface area contributed by atoms with E-state index in [1.54, 1.807) is 23.1 Å². The third kappa shape index (κ3) is 3.48. The number of carbonyl (C=O) groups is 1.